The van der Waals surface area contributed by atoms with Crippen molar-refractivity contribution in [1.29, 1.82) is 0 Å². The molecule has 0 aromatic heterocycles. The summed E-state index contributed by atoms with van der Waals surface area (Å²) in [6.45, 7) is 41.1. The first kappa shape index (κ1) is 85.7. The van der Waals surface area contributed by atoms with Gasteiger partial charge in [-0.2, -0.15) is 59.7 Å². The molecule has 2 saturated carbocycles. The second-order valence-electron chi connectivity index (χ2n) is 33.4. The topological polar surface area (TPSA) is 0 Å². The summed E-state index contributed by atoms with van der Waals surface area (Å²) >= 11 is 11.8. The van der Waals surface area contributed by atoms with Gasteiger partial charge in [0.2, 0.25) is 0 Å². The minimum absolute atomic E-state index is 0. The van der Waals surface area contributed by atoms with Crippen molar-refractivity contribution in [3.63, 3.8) is 0 Å². The fraction of sp³-hybridized carbons (Fsp3) is 0.367. The Labute approximate surface area is 668 Å². The van der Waals surface area contributed by atoms with Crippen LogP contribution in [0.15, 0.2) is 158 Å². The predicted octanol–water partition coefficient (Wildman–Crippen LogP) is 30.1. The Bertz CT molecular complexity index is 4220. The van der Waals surface area contributed by atoms with Crippen molar-refractivity contribution >= 4 is 55.5 Å². The zero-order valence-corrected chi connectivity index (χ0v) is 72.6. The number of hydrogen-bond donors (Lipinski definition) is 0. The van der Waals surface area contributed by atoms with Gasteiger partial charge in [0.1, 0.15) is 0 Å². The van der Waals surface area contributed by atoms with Gasteiger partial charge in [-0.25, -0.2) is 0 Å². The van der Waals surface area contributed by atoms with Crippen LogP contribution < -0.4 is 0 Å². The van der Waals surface area contributed by atoms with Gasteiger partial charge in [0.05, 0.1) is 0 Å². The maximum atomic E-state index is 5.91. The van der Waals surface area contributed by atoms with Gasteiger partial charge in [0, 0.05) is 0 Å². The van der Waals surface area contributed by atoms with E-state index in [-0.39, 0.29) is 104 Å². The quantitative estimate of drug-likeness (QED) is 0.154. The van der Waals surface area contributed by atoms with Crippen molar-refractivity contribution < 1.29 is 52.4 Å². The molecule has 11 aromatic rings. The van der Waals surface area contributed by atoms with Gasteiger partial charge in [0.15, 0.2) is 0 Å². The van der Waals surface area contributed by atoms with Crippen molar-refractivity contribution in [3.05, 3.63) is 287 Å². The standard InChI is InChI=1S/C31H29.2C27H35.C9H5Cl2.4CH3.2Zr/c1-18-11-20(3)30(21(4)12-18)26-9-7-24-15-25-8-10-27(17-29(25)28(24)16-26)31-22(5)13-19(2)14-23(31)6;2*1-26(2,3)19-12-14-21-22-15-13-20(27(4,5)6)17-24(22)25(23(21)16-19)18-10-8-7-9-11-18;10-8-4-5-9(11)7-3-1-2-6(7)8;;;;;;/h7-17H,1-6H3;2*12-16,18,25H,7-11H2,1-6H3;1-5H;4*1H3;;/q8*-1;2*+4. The Morgan fingerprint density at radius 2 is 0.735 bits per heavy atom. The van der Waals surface area contributed by atoms with Crippen LogP contribution in [0.3, 0.4) is 0 Å². The van der Waals surface area contributed by atoms with Gasteiger partial charge < -0.3 is 29.7 Å². The number of fused-ring (bicyclic) bond motifs is 10. The molecule has 0 saturated heterocycles. The first-order chi connectivity index (χ1) is 45.4. The Morgan fingerprint density at radius 1 is 0.373 bits per heavy atom. The average molecular weight is 1550 g/mol. The second kappa shape index (κ2) is 34.1. The predicted molar refractivity (Wildman–Crippen MR) is 445 cm³/mol. The van der Waals surface area contributed by atoms with Crippen molar-refractivity contribution in [2.75, 3.05) is 0 Å². The Kier molecular flexibility index (Phi) is 28.7. The van der Waals surface area contributed by atoms with E-state index < -0.39 is 0 Å². The van der Waals surface area contributed by atoms with Gasteiger partial charge in [-0.15, -0.1) is 90.4 Å². The monoisotopic (exact) mass is 1540 g/mol. The summed E-state index contributed by atoms with van der Waals surface area (Å²) in [6.07, 6.45) is 13.9. The number of aryl methyl sites for hydroxylation is 6. The van der Waals surface area contributed by atoms with Crippen LogP contribution in [0.2, 0.25) is 10.0 Å². The maximum Gasteiger partial charge on any atom is 4.00 e. The first-order valence-corrected chi connectivity index (χ1v) is 36.9. The Morgan fingerprint density at radius 3 is 1.09 bits per heavy atom. The number of rotatable bonds is 4. The van der Waals surface area contributed by atoms with Gasteiger partial charge in [-0.3, -0.25) is 0 Å². The minimum Gasteiger partial charge on any atom is -0.358 e. The van der Waals surface area contributed by atoms with E-state index in [0.717, 1.165) is 32.7 Å². The molecular weight excluding hydrogens is 1430 g/mol. The summed E-state index contributed by atoms with van der Waals surface area (Å²) in [7, 11) is 0. The van der Waals surface area contributed by atoms with E-state index in [1.807, 2.05) is 30.3 Å². The summed E-state index contributed by atoms with van der Waals surface area (Å²) in [4.78, 5) is 0. The molecule has 11 aromatic carbocycles. The molecule has 2 fully saturated rings. The molecule has 0 nitrogen and oxygen atoms in total. The summed E-state index contributed by atoms with van der Waals surface area (Å²) in [5, 5.41) is 8.89. The van der Waals surface area contributed by atoms with Crippen molar-refractivity contribution in [2.24, 2.45) is 11.8 Å². The number of hydrogen-bond acceptors (Lipinski definition) is 0. The molecule has 0 spiro atoms. The largest absolute Gasteiger partial charge is 4.00 e. The molecule has 15 rings (SSSR count). The molecule has 0 N–H and O–H groups in total. The third-order valence-electron chi connectivity index (χ3n) is 21.9. The van der Waals surface area contributed by atoms with Crippen LogP contribution in [0, 0.1) is 95.2 Å². The minimum atomic E-state index is 0. The molecule has 4 heteroatoms. The van der Waals surface area contributed by atoms with Crippen LogP contribution in [0.4, 0.5) is 0 Å². The molecule has 530 valence electrons. The normalized spacial score (nSPS) is 15.5. The SMILES string of the molecule is CC(C)(C)c1[c-]c2c(cc1)-c1ccc(C(C)(C)C)cc1C2C1CCCCC1.CC(C)(C)c1[c-]c2c(cc1)-c1ccc(C(C)(C)C)cc1C2C1CCCCC1.Cc1cc(C)c(-c2ccc3[cH-]c4ccc(-c5c(C)cc(C)cc5C)cc4c3c2)c(C)c1.Clc1ccc(Cl)c2[cH-]ccc12.[CH3-].[CH3-].[CH3-].[CH3-].[Zr+4].[Zr+4]. The molecule has 4 aliphatic carbocycles. The van der Waals surface area contributed by atoms with Gasteiger partial charge in [0.25, 0.3) is 0 Å². The van der Waals surface area contributed by atoms with Gasteiger partial charge in [-0.05, 0) is 189 Å². The van der Waals surface area contributed by atoms with E-state index in [0.29, 0.717) is 11.8 Å². The van der Waals surface area contributed by atoms with E-state index in [2.05, 4.69) is 264 Å². The molecular formula is C98H116Cl2Zr2. The van der Waals surface area contributed by atoms with Crippen LogP contribution in [-0.2, 0) is 74.1 Å². The average Bonchev–Trinajstić information content (AvgIpc) is 1.60. The van der Waals surface area contributed by atoms with E-state index in [9.17, 15) is 0 Å². The third-order valence-corrected chi connectivity index (χ3v) is 22.5. The Hall–Kier alpha value is -5.19. The Balaban J connectivity index is 0.000000218. The fourth-order valence-corrected chi connectivity index (χ4v) is 17.3. The molecule has 0 heterocycles. The van der Waals surface area contributed by atoms with E-state index in [1.165, 1.54) is 197 Å². The summed E-state index contributed by atoms with van der Waals surface area (Å²) in [5.41, 5.74) is 31.6. The molecule has 0 amide bonds. The van der Waals surface area contributed by atoms with Crippen molar-refractivity contribution in [3.8, 4) is 44.5 Å². The van der Waals surface area contributed by atoms with Crippen molar-refractivity contribution in [1.82, 2.24) is 0 Å². The summed E-state index contributed by atoms with van der Waals surface area (Å²) < 4.78 is 0. The van der Waals surface area contributed by atoms with Crippen LogP contribution in [0.25, 0.3) is 76.8 Å². The fourth-order valence-electron chi connectivity index (χ4n) is 16.9. The smallest absolute Gasteiger partial charge is 0.358 e. The second-order valence-corrected chi connectivity index (χ2v) is 34.2. The first-order valence-electron chi connectivity index (χ1n) is 36.1. The zero-order chi connectivity index (χ0) is 68.5. The van der Waals surface area contributed by atoms with E-state index in [1.54, 1.807) is 11.1 Å². The van der Waals surface area contributed by atoms with Gasteiger partial charge >= 0.3 is 52.4 Å². The number of halogens is 2. The maximum absolute atomic E-state index is 5.91. The summed E-state index contributed by atoms with van der Waals surface area (Å²) in [6, 6.07) is 66.6. The molecule has 0 bridgehead atoms. The number of benzene rings is 9. The van der Waals surface area contributed by atoms with Crippen molar-refractivity contribution in [2.45, 2.75) is 222 Å². The third kappa shape index (κ3) is 17.9. The van der Waals surface area contributed by atoms with Crippen LogP contribution in [-0.4, -0.2) is 0 Å². The van der Waals surface area contributed by atoms with E-state index >= 15 is 0 Å². The molecule has 0 aliphatic heterocycles. The molecule has 4 aliphatic rings. The molecule has 102 heavy (non-hydrogen) atoms. The molecule has 0 radical (unpaired) electrons. The van der Waals surface area contributed by atoms with E-state index in [4.69, 9.17) is 23.2 Å². The van der Waals surface area contributed by atoms with Crippen LogP contribution >= 0.6 is 23.2 Å². The zero-order valence-electron chi connectivity index (χ0n) is 66.1. The summed E-state index contributed by atoms with van der Waals surface area (Å²) in [5.74, 6) is 2.64. The van der Waals surface area contributed by atoms with Crippen LogP contribution in [0.5, 0.6) is 0 Å². The molecule has 2 unspecified atom stereocenters. The van der Waals surface area contributed by atoms with Gasteiger partial charge in [-0.1, -0.05) is 253 Å². The molecule has 2 atom stereocenters. The van der Waals surface area contributed by atoms with Crippen LogP contribution in [0.1, 0.15) is 237 Å².